The predicted molar refractivity (Wildman–Crippen MR) is 102 cm³/mol. The maximum atomic E-state index is 6.03. The van der Waals surface area contributed by atoms with Crippen molar-refractivity contribution in [1.82, 2.24) is 9.55 Å². The molecule has 3 N–H and O–H groups in total. The van der Waals surface area contributed by atoms with Crippen LogP contribution in [0, 0.1) is 0 Å². The lowest BCUT2D eigenvalue weighted by Gasteiger charge is -2.25. The van der Waals surface area contributed by atoms with Crippen LogP contribution in [0.25, 0.3) is 11.0 Å². The highest BCUT2D eigenvalue weighted by Gasteiger charge is 2.28. The van der Waals surface area contributed by atoms with E-state index < -0.39 is 6.17 Å². The molecule has 3 heterocycles. The number of guanidine groups is 1. The van der Waals surface area contributed by atoms with Crippen LogP contribution in [0.4, 0.5) is 5.95 Å². The van der Waals surface area contributed by atoms with Crippen LogP contribution in [0.5, 0.6) is 17.2 Å². The molecule has 0 saturated carbocycles. The molecular formula is C19H19N5O3. The fourth-order valence-electron chi connectivity index (χ4n) is 3.51. The van der Waals surface area contributed by atoms with Gasteiger partial charge in [-0.3, -0.25) is 9.88 Å². The number of fused-ring (bicyclic) bond motifs is 4. The van der Waals surface area contributed by atoms with Gasteiger partial charge in [0.2, 0.25) is 5.95 Å². The molecule has 1 atom stereocenters. The number of hydrogen-bond donors (Lipinski definition) is 2. The summed E-state index contributed by atoms with van der Waals surface area (Å²) in [5.41, 5.74) is 8.60. The Hall–Kier alpha value is -3.42. The minimum atomic E-state index is -0.396. The van der Waals surface area contributed by atoms with Crippen LogP contribution in [-0.4, -0.2) is 35.8 Å². The number of aliphatic imine (C=N–C) groups is 1. The largest absolute Gasteiger partial charge is 0.496 e. The average molecular weight is 365 g/mol. The Balaban J connectivity index is 1.73. The monoisotopic (exact) mass is 365 g/mol. The van der Waals surface area contributed by atoms with E-state index in [4.69, 9.17) is 19.9 Å². The number of hydrogen-bond acceptors (Lipinski definition) is 7. The van der Waals surface area contributed by atoms with Gasteiger partial charge in [-0.25, -0.2) is 9.98 Å². The van der Waals surface area contributed by atoms with Gasteiger partial charge in [0.05, 0.1) is 31.4 Å². The van der Waals surface area contributed by atoms with Crippen LogP contribution in [0.15, 0.2) is 41.4 Å². The first-order valence-electron chi connectivity index (χ1n) is 8.79. The molecule has 0 spiro atoms. The number of ether oxygens (including phenoxy) is 3. The first kappa shape index (κ1) is 15.8. The Bertz CT molecular complexity index is 1060. The molecule has 0 saturated heterocycles. The summed E-state index contributed by atoms with van der Waals surface area (Å²) in [4.78, 5) is 9.30. The summed E-state index contributed by atoms with van der Waals surface area (Å²) in [6, 6.07) is 11.6. The van der Waals surface area contributed by atoms with E-state index in [1.165, 1.54) is 0 Å². The fourth-order valence-corrected chi connectivity index (χ4v) is 3.51. The topological polar surface area (TPSA) is 95.9 Å². The van der Waals surface area contributed by atoms with E-state index in [2.05, 4.69) is 15.3 Å². The zero-order chi connectivity index (χ0) is 18.4. The SMILES string of the molecule is COc1ccccc1C1N=C(N)Nc2nc3cc4c(cc3n21)OCCCO4. The van der Waals surface area contributed by atoms with Gasteiger partial charge in [0.15, 0.2) is 23.6 Å². The van der Waals surface area contributed by atoms with Crippen LogP contribution < -0.4 is 25.3 Å². The van der Waals surface area contributed by atoms with Crippen molar-refractivity contribution in [2.75, 3.05) is 25.6 Å². The van der Waals surface area contributed by atoms with Crippen LogP contribution in [0.2, 0.25) is 0 Å². The van der Waals surface area contributed by atoms with E-state index in [-0.39, 0.29) is 0 Å². The summed E-state index contributed by atoms with van der Waals surface area (Å²) < 4.78 is 19.2. The third-order valence-electron chi connectivity index (χ3n) is 4.72. The highest BCUT2D eigenvalue weighted by atomic mass is 16.5. The van der Waals surface area contributed by atoms with Gasteiger partial charge in [-0.05, 0) is 6.07 Å². The molecule has 138 valence electrons. The number of rotatable bonds is 2. The van der Waals surface area contributed by atoms with E-state index >= 15 is 0 Å². The maximum absolute atomic E-state index is 6.03. The normalized spacial score (nSPS) is 18.3. The summed E-state index contributed by atoms with van der Waals surface area (Å²) in [5.74, 6) is 3.08. The number of anilines is 1. The van der Waals surface area contributed by atoms with Crippen molar-refractivity contribution in [3.8, 4) is 17.2 Å². The van der Waals surface area contributed by atoms with E-state index in [0.717, 1.165) is 28.8 Å². The van der Waals surface area contributed by atoms with Gasteiger partial charge in [0.1, 0.15) is 5.75 Å². The van der Waals surface area contributed by atoms with Crippen molar-refractivity contribution in [1.29, 1.82) is 0 Å². The van der Waals surface area contributed by atoms with Gasteiger partial charge in [-0.15, -0.1) is 0 Å². The molecule has 2 aliphatic rings. The number of aromatic nitrogens is 2. The quantitative estimate of drug-likeness (QED) is 0.724. The van der Waals surface area contributed by atoms with Gasteiger partial charge in [0.25, 0.3) is 0 Å². The van der Waals surface area contributed by atoms with E-state index in [0.29, 0.717) is 36.6 Å². The maximum Gasteiger partial charge on any atom is 0.212 e. The Kier molecular flexibility index (Phi) is 3.56. The van der Waals surface area contributed by atoms with E-state index in [1.807, 2.05) is 41.0 Å². The molecule has 1 aromatic heterocycles. The zero-order valence-electron chi connectivity index (χ0n) is 14.8. The van der Waals surface area contributed by atoms with Gasteiger partial charge >= 0.3 is 0 Å². The molecule has 0 aliphatic carbocycles. The molecule has 8 nitrogen and oxygen atoms in total. The van der Waals surface area contributed by atoms with Crippen molar-refractivity contribution in [3.05, 3.63) is 42.0 Å². The Morgan fingerprint density at radius 1 is 1.19 bits per heavy atom. The van der Waals surface area contributed by atoms with Gasteiger partial charge in [0, 0.05) is 24.1 Å². The Morgan fingerprint density at radius 2 is 1.96 bits per heavy atom. The number of nitrogens with one attached hydrogen (secondary N) is 1. The van der Waals surface area contributed by atoms with Crippen LogP contribution in [0.3, 0.4) is 0 Å². The fraction of sp³-hybridized carbons (Fsp3) is 0.263. The van der Waals surface area contributed by atoms with Crippen molar-refractivity contribution in [3.63, 3.8) is 0 Å². The smallest absolute Gasteiger partial charge is 0.212 e. The standard InChI is InChI=1S/C19H19N5O3/c1-25-14-6-3-2-5-11(14)17-22-18(20)23-19-21-12-9-15-16(10-13(12)24(17)19)27-8-4-7-26-15/h2-3,5-6,9-10,17H,4,7-8H2,1H3,(H3,20,21,22,23). The lowest BCUT2D eigenvalue weighted by Crippen LogP contribution is -2.31. The van der Waals surface area contributed by atoms with Crippen molar-refractivity contribution >= 4 is 22.9 Å². The minimum absolute atomic E-state index is 0.308. The minimum Gasteiger partial charge on any atom is -0.496 e. The van der Waals surface area contributed by atoms with Gasteiger partial charge in [-0.1, -0.05) is 18.2 Å². The molecule has 0 fully saturated rings. The molecule has 5 rings (SSSR count). The van der Waals surface area contributed by atoms with Crippen LogP contribution in [-0.2, 0) is 0 Å². The molecule has 0 amide bonds. The molecule has 0 bridgehead atoms. The third-order valence-corrected chi connectivity index (χ3v) is 4.72. The van der Waals surface area contributed by atoms with Gasteiger partial charge < -0.3 is 19.9 Å². The van der Waals surface area contributed by atoms with E-state index in [1.54, 1.807) is 7.11 Å². The zero-order valence-corrected chi connectivity index (χ0v) is 14.8. The van der Waals surface area contributed by atoms with Crippen molar-refractivity contribution in [2.45, 2.75) is 12.6 Å². The molecule has 0 radical (unpaired) electrons. The second kappa shape index (κ2) is 6.08. The molecule has 8 heteroatoms. The van der Waals surface area contributed by atoms with E-state index in [9.17, 15) is 0 Å². The highest BCUT2D eigenvalue weighted by Crippen LogP contribution is 2.40. The van der Waals surface area contributed by atoms with Crippen LogP contribution in [0.1, 0.15) is 18.2 Å². The molecule has 2 aromatic carbocycles. The number of nitrogens with two attached hydrogens (primary N) is 1. The molecular weight excluding hydrogens is 346 g/mol. The number of nitrogens with zero attached hydrogens (tertiary/aromatic N) is 3. The number of methoxy groups -OCH3 is 1. The van der Waals surface area contributed by atoms with Crippen molar-refractivity contribution < 1.29 is 14.2 Å². The molecule has 2 aliphatic heterocycles. The lowest BCUT2D eigenvalue weighted by molar-refractivity contribution is 0.297. The van der Waals surface area contributed by atoms with Crippen LogP contribution >= 0.6 is 0 Å². The summed E-state index contributed by atoms with van der Waals surface area (Å²) >= 11 is 0. The lowest BCUT2D eigenvalue weighted by atomic mass is 10.1. The number of benzene rings is 2. The number of imidazole rings is 1. The number of para-hydroxylation sites is 1. The Morgan fingerprint density at radius 3 is 2.78 bits per heavy atom. The summed E-state index contributed by atoms with van der Waals surface area (Å²) in [6.45, 7) is 1.25. The first-order chi connectivity index (χ1) is 13.2. The van der Waals surface area contributed by atoms with Gasteiger partial charge in [-0.2, -0.15) is 0 Å². The second-order valence-corrected chi connectivity index (χ2v) is 6.40. The molecule has 27 heavy (non-hydrogen) atoms. The molecule has 1 unspecified atom stereocenters. The summed E-state index contributed by atoms with van der Waals surface area (Å²) in [7, 11) is 1.64. The predicted octanol–water partition coefficient (Wildman–Crippen LogP) is 2.49. The first-order valence-corrected chi connectivity index (χ1v) is 8.79. The summed E-state index contributed by atoms with van der Waals surface area (Å²) in [6.07, 6.45) is 0.455. The average Bonchev–Trinajstić information content (AvgIpc) is 2.87. The Labute approximate surface area is 155 Å². The van der Waals surface area contributed by atoms with Crippen molar-refractivity contribution in [2.24, 2.45) is 10.7 Å². The molecule has 3 aromatic rings. The third kappa shape index (κ3) is 2.52. The summed E-state index contributed by atoms with van der Waals surface area (Å²) in [5, 5.41) is 3.05. The highest BCUT2D eigenvalue weighted by molar-refractivity contribution is 5.95. The second-order valence-electron chi connectivity index (χ2n) is 6.40.